The lowest BCUT2D eigenvalue weighted by Gasteiger charge is -2.14. The molecule has 0 aliphatic carbocycles. The van der Waals surface area contributed by atoms with Crippen LogP contribution in [0.25, 0.3) is 39.1 Å². The lowest BCUT2D eigenvalue weighted by Crippen LogP contribution is -2.10. The summed E-state index contributed by atoms with van der Waals surface area (Å²) in [5.74, 6) is -0.513. The van der Waals surface area contributed by atoms with E-state index in [-0.39, 0.29) is 11.5 Å². The van der Waals surface area contributed by atoms with Crippen LogP contribution in [0.5, 0.6) is 0 Å². The van der Waals surface area contributed by atoms with E-state index in [0.29, 0.717) is 28.2 Å². The molecule has 0 atom stereocenters. The predicted molar refractivity (Wildman–Crippen MR) is 117 cm³/mol. The van der Waals surface area contributed by atoms with E-state index in [1.54, 1.807) is 35.0 Å². The predicted octanol–water partition coefficient (Wildman–Crippen LogP) is 3.16. The van der Waals surface area contributed by atoms with Crippen LogP contribution in [-0.4, -0.2) is 25.3 Å². The van der Waals surface area contributed by atoms with Crippen molar-refractivity contribution in [2.24, 2.45) is 5.73 Å². The highest BCUT2D eigenvalue weighted by Crippen LogP contribution is 2.35. The van der Waals surface area contributed by atoms with Crippen molar-refractivity contribution < 1.29 is 4.79 Å². The van der Waals surface area contributed by atoms with E-state index in [2.05, 4.69) is 21.0 Å². The van der Waals surface area contributed by atoms with E-state index in [0.717, 1.165) is 16.5 Å². The molecular formula is C23H15N7O. The molecule has 0 fully saturated rings. The summed E-state index contributed by atoms with van der Waals surface area (Å²) >= 11 is 0. The van der Waals surface area contributed by atoms with Crippen molar-refractivity contribution in [3.8, 4) is 28.6 Å². The van der Waals surface area contributed by atoms with Crippen LogP contribution in [-0.2, 0) is 0 Å². The number of rotatable bonds is 3. The number of fused-ring (bicyclic) bond motifs is 2. The van der Waals surface area contributed by atoms with E-state index >= 15 is 0 Å². The maximum absolute atomic E-state index is 11.8. The van der Waals surface area contributed by atoms with Crippen molar-refractivity contribution in [2.75, 3.05) is 5.73 Å². The molecule has 4 N–H and O–H groups in total. The van der Waals surface area contributed by atoms with E-state index in [9.17, 15) is 10.1 Å². The standard InChI is InChI=1S/C23H15N7O/c24-11-13-3-1-4-15(9-13)19-20(16-6-7-17-14(10-16)5-2-8-27-17)30-12-18(22(26)31)28-23(30)21(25)29-19/h1-10,12H,(H2,25,29)(H2,26,31). The first kappa shape index (κ1) is 18.3. The summed E-state index contributed by atoms with van der Waals surface area (Å²) in [6, 6.07) is 18.9. The summed E-state index contributed by atoms with van der Waals surface area (Å²) in [7, 11) is 0. The van der Waals surface area contributed by atoms with E-state index in [4.69, 9.17) is 11.5 Å². The van der Waals surface area contributed by atoms with Crippen molar-refractivity contribution in [1.82, 2.24) is 19.4 Å². The number of carbonyl (C=O) groups excluding carboxylic acids is 1. The minimum absolute atomic E-state index is 0.0835. The lowest BCUT2D eigenvalue weighted by molar-refractivity contribution is 0.0996. The zero-order valence-corrected chi connectivity index (χ0v) is 16.1. The van der Waals surface area contributed by atoms with Crippen LogP contribution in [0.4, 0.5) is 5.82 Å². The summed E-state index contributed by atoms with van der Waals surface area (Å²) in [5.41, 5.74) is 16.2. The number of anilines is 1. The van der Waals surface area contributed by atoms with Crippen molar-refractivity contribution >= 4 is 28.3 Å². The Kier molecular flexibility index (Phi) is 4.08. The maximum Gasteiger partial charge on any atom is 0.268 e. The number of hydrogen-bond donors (Lipinski definition) is 2. The summed E-state index contributed by atoms with van der Waals surface area (Å²) in [6.45, 7) is 0. The molecule has 1 amide bonds. The number of nitrogen functional groups attached to an aromatic ring is 1. The normalized spacial score (nSPS) is 10.9. The van der Waals surface area contributed by atoms with Crippen LogP contribution in [0.1, 0.15) is 16.1 Å². The molecule has 0 radical (unpaired) electrons. The molecule has 3 aromatic heterocycles. The average Bonchev–Trinajstić information content (AvgIpc) is 3.25. The Hall–Kier alpha value is -4.77. The van der Waals surface area contributed by atoms with Gasteiger partial charge in [0, 0.05) is 28.9 Å². The van der Waals surface area contributed by atoms with Crippen LogP contribution >= 0.6 is 0 Å². The molecule has 2 aromatic carbocycles. The van der Waals surface area contributed by atoms with Crippen LogP contribution < -0.4 is 11.5 Å². The highest BCUT2D eigenvalue weighted by atomic mass is 16.1. The molecule has 0 saturated heterocycles. The zero-order chi connectivity index (χ0) is 21.5. The fourth-order valence-corrected chi connectivity index (χ4v) is 3.62. The second-order valence-electron chi connectivity index (χ2n) is 6.98. The van der Waals surface area contributed by atoms with Gasteiger partial charge in [-0.3, -0.25) is 14.2 Å². The number of amides is 1. The minimum atomic E-state index is -0.662. The highest BCUT2D eigenvalue weighted by molar-refractivity contribution is 5.94. The van der Waals surface area contributed by atoms with Gasteiger partial charge in [0.1, 0.15) is 5.69 Å². The van der Waals surface area contributed by atoms with Crippen molar-refractivity contribution in [3.63, 3.8) is 0 Å². The summed E-state index contributed by atoms with van der Waals surface area (Å²) < 4.78 is 1.72. The molecule has 0 unspecified atom stereocenters. The van der Waals surface area contributed by atoms with Gasteiger partial charge in [-0.1, -0.05) is 24.3 Å². The zero-order valence-electron chi connectivity index (χ0n) is 16.1. The van der Waals surface area contributed by atoms with Gasteiger partial charge in [-0.15, -0.1) is 0 Å². The van der Waals surface area contributed by atoms with E-state index in [1.165, 1.54) is 0 Å². The van der Waals surface area contributed by atoms with E-state index in [1.807, 2.05) is 36.4 Å². The first-order valence-corrected chi connectivity index (χ1v) is 9.39. The number of hydrogen-bond acceptors (Lipinski definition) is 6. The Labute approximate surface area is 176 Å². The first-order chi connectivity index (χ1) is 15.0. The monoisotopic (exact) mass is 405 g/mol. The van der Waals surface area contributed by atoms with Gasteiger partial charge in [0.25, 0.3) is 5.91 Å². The Morgan fingerprint density at radius 2 is 1.90 bits per heavy atom. The van der Waals surface area contributed by atoms with Gasteiger partial charge < -0.3 is 11.5 Å². The topological polar surface area (TPSA) is 136 Å². The molecule has 0 aliphatic rings. The van der Waals surface area contributed by atoms with Crippen LogP contribution in [0, 0.1) is 11.3 Å². The fraction of sp³-hybridized carbons (Fsp3) is 0. The Balaban J connectivity index is 1.89. The summed E-state index contributed by atoms with van der Waals surface area (Å²) in [5, 5.41) is 10.3. The highest BCUT2D eigenvalue weighted by Gasteiger charge is 2.20. The fourth-order valence-electron chi connectivity index (χ4n) is 3.62. The quantitative estimate of drug-likeness (QED) is 0.473. The maximum atomic E-state index is 11.8. The molecule has 8 heteroatoms. The SMILES string of the molecule is N#Cc1cccc(-c2nc(N)c3nc(C(N)=O)cn3c2-c2ccc3ncccc3c2)c1. The van der Waals surface area contributed by atoms with Gasteiger partial charge >= 0.3 is 0 Å². The Morgan fingerprint density at radius 3 is 2.71 bits per heavy atom. The van der Waals surface area contributed by atoms with Gasteiger partial charge in [0.05, 0.1) is 28.5 Å². The van der Waals surface area contributed by atoms with Crippen molar-refractivity contribution in [3.05, 3.63) is 78.2 Å². The Bertz CT molecular complexity index is 1550. The molecule has 3 heterocycles. The number of pyridine rings is 1. The third kappa shape index (κ3) is 3.01. The molecule has 0 spiro atoms. The second kappa shape index (κ2) is 6.93. The number of primary amides is 1. The number of nitrogens with zero attached hydrogens (tertiary/aromatic N) is 5. The third-order valence-corrected chi connectivity index (χ3v) is 5.03. The second-order valence-corrected chi connectivity index (χ2v) is 6.98. The lowest BCUT2D eigenvalue weighted by atomic mass is 10.0. The van der Waals surface area contributed by atoms with Gasteiger partial charge in [-0.2, -0.15) is 5.26 Å². The van der Waals surface area contributed by atoms with Crippen LogP contribution in [0.2, 0.25) is 0 Å². The van der Waals surface area contributed by atoms with Crippen LogP contribution in [0.3, 0.4) is 0 Å². The van der Waals surface area contributed by atoms with E-state index < -0.39 is 5.91 Å². The largest absolute Gasteiger partial charge is 0.381 e. The summed E-state index contributed by atoms with van der Waals surface area (Å²) in [4.78, 5) is 25.0. The van der Waals surface area contributed by atoms with Gasteiger partial charge in [0.2, 0.25) is 0 Å². The molecule has 148 valence electrons. The summed E-state index contributed by atoms with van der Waals surface area (Å²) in [6.07, 6.45) is 3.29. The molecule has 8 nitrogen and oxygen atoms in total. The average molecular weight is 405 g/mol. The minimum Gasteiger partial charge on any atom is -0.381 e. The molecular weight excluding hydrogens is 390 g/mol. The molecule has 0 saturated carbocycles. The van der Waals surface area contributed by atoms with Gasteiger partial charge in [-0.25, -0.2) is 9.97 Å². The molecule has 0 bridgehead atoms. The third-order valence-electron chi connectivity index (χ3n) is 5.03. The van der Waals surface area contributed by atoms with Crippen LogP contribution in [0.15, 0.2) is 67.0 Å². The number of aromatic nitrogens is 4. The number of nitriles is 1. The van der Waals surface area contributed by atoms with Gasteiger partial charge in [-0.05, 0) is 30.3 Å². The Morgan fingerprint density at radius 1 is 1.03 bits per heavy atom. The first-order valence-electron chi connectivity index (χ1n) is 9.39. The number of nitrogens with two attached hydrogens (primary N) is 2. The number of imidazole rings is 1. The van der Waals surface area contributed by atoms with Crippen molar-refractivity contribution in [1.29, 1.82) is 5.26 Å². The number of benzene rings is 2. The molecule has 5 rings (SSSR count). The van der Waals surface area contributed by atoms with Crippen molar-refractivity contribution in [2.45, 2.75) is 0 Å². The molecule has 31 heavy (non-hydrogen) atoms. The van der Waals surface area contributed by atoms with Gasteiger partial charge in [0.15, 0.2) is 11.5 Å². The molecule has 0 aliphatic heterocycles. The smallest absolute Gasteiger partial charge is 0.268 e. The number of carbonyl (C=O) groups is 1. The molecule has 5 aromatic rings.